The third-order valence-electron chi connectivity index (χ3n) is 3.25. The first-order chi connectivity index (χ1) is 8.88. The molecule has 0 spiro atoms. The van der Waals surface area contributed by atoms with Gasteiger partial charge < -0.3 is 0 Å². The Morgan fingerprint density at radius 1 is 1.21 bits per heavy atom. The summed E-state index contributed by atoms with van der Waals surface area (Å²) in [4.78, 5) is 0.120. The van der Waals surface area contributed by atoms with Crippen LogP contribution in [0.15, 0.2) is 46.0 Å². The van der Waals surface area contributed by atoms with Gasteiger partial charge in [-0.1, -0.05) is 35.3 Å². The summed E-state index contributed by atoms with van der Waals surface area (Å²) in [6.45, 7) is 5.97. The second kappa shape index (κ2) is 5.17. The van der Waals surface area contributed by atoms with E-state index in [4.69, 9.17) is 4.28 Å². The van der Waals surface area contributed by atoms with E-state index in [1.807, 2.05) is 19.9 Å². The number of rotatable bonds is 3. The van der Waals surface area contributed by atoms with Gasteiger partial charge in [-0.25, -0.2) is 0 Å². The van der Waals surface area contributed by atoms with Gasteiger partial charge in [0, 0.05) is 0 Å². The molecule has 2 rings (SSSR count). The van der Waals surface area contributed by atoms with Crippen LogP contribution in [0.5, 0.6) is 0 Å². The molecule has 4 nitrogen and oxygen atoms in total. The fraction of sp³-hybridized carbons (Fsp3) is 0.357. The van der Waals surface area contributed by atoms with Crippen LogP contribution in [0.25, 0.3) is 0 Å². The number of allylic oxidation sites excluding steroid dienone is 2. The lowest BCUT2D eigenvalue weighted by atomic mass is 10.1. The zero-order valence-electron chi connectivity index (χ0n) is 11.3. The molecule has 0 saturated carbocycles. The largest absolute Gasteiger partial charge is 0.358 e. The Bertz CT molecular complexity index is 627. The Hall–Kier alpha value is -1.62. The maximum atomic E-state index is 11.9. The minimum absolute atomic E-state index is 0.120. The first-order valence-electron chi connectivity index (χ1n) is 6.14. The fourth-order valence-electron chi connectivity index (χ4n) is 1.85. The molecule has 1 aliphatic carbocycles. The smallest absolute Gasteiger partial charge is 0.265 e. The van der Waals surface area contributed by atoms with E-state index in [9.17, 15) is 8.42 Å². The van der Waals surface area contributed by atoms with Crippen LogP contribution in [-0.4, -0.2) is 14.1 Å². The summed E-state index contributed by atoms with van der Waals surface area (Å²) < 4.78 is 28.6. The van der Waals surface area contributed by atoms with Crippen molar-refractivity contribution in [1.29, 1.82) is 0 Å². The van der Waals surface area contributed by atoms with E-state index >= 15 is 0 Å². The van der Waals surface area contributed by atoms with Crippen LogP contribution in [0, 0.1) is 12.8 Å². The number of hydrogen-bond donors (Lipinski definition) is 0. The van der Waals surface area contributed by atoms with Crippen molar-refractivity contribution < 1.29 is 12.7 Å². The topological polar surface area (TPSA) is 55.7 Å². The Balaban J connectivity index is 2.15. The minimum Gasteiger partial charge on any atom is -0.265 e. The van der Waals surface area contributed by atoms with Gasteiger partial charge in [0.2, 0.25) is 0 Å². The molecular weight excluding hydrogens is 262 g/mol. The first kappa shape index (κ1) is 13.8. The lowest BCUT2D eigenvalue weighted by Crippen LogP contribution is -2.04. The Morgan fingerprint density at radius 3 is 2.37 bits per heavy atom. The molecule has 102 valence electrons. The quantitative estimate of drug-likeness (QED) is 0.799. The van der Waals surface area contributed by atoms with Crippen molar-refractivity contribution in [2.75, 3.05) is 0 Å². The highest BCUT2D eigenvalue weighted by atomic mass is 32.2. The van der Waals surface area contributed by atoms with Crippen molar-refractivity contribution in [3.63, 3.8) is 0 Å². The summed E-state index contributed by atoms with van der Waals surface area (Å²) in [5, 5.41) is 3.75. The summed E-state index contributed by atoms with van der Waals surface area (Å²) in [5.74, 6) is 0.393. The highest BCUT2D eigenvalue weighted by molar-refractivity contribution is 7.86. The maximum Gasteiger partial charge on any atom is 0.358 e. The molecule has 1 aromatic rings. The highest BCUT2D eigenvalue weighted by Gasteiger charge is 2.19. The van der Waals surface area contributed by atoms with Gasteiger partial charge in [0.25, 0.3) is 0 Å². The molecule has 1 unspecified atom stereocenters. The van der Waals surface area contributed by atoms with Crippen molar-refractivity contribution >= 4 is 15.8 Å². The Morgan fingerprint density at radius 2 is 1.84 bits per heavy atom. The van der Waals surface area contributed by atoms with Crippen molar-refractivity contribution in [3.8, 4) is 0 Å². The minimum atomic E-state index is -3.82. The van der Waals surface area contributed by atoms with Gasteiger partial charge in [-0.05, 0) is 44.4 Å². The van der Waals surface area contributed by atoms with Crippen LogP contribution in [-0.2, 0) is 14.4 Å². The second-order valence-electron chi connectivity index (χ2n) is 4.92. The van der Waals surface area contributed by atoms with Crippen molar-refractivity contribution in [3.05, 3.63) is 41.5 Å². The van der Waals surface area contributed by atoms with Crippen LogP contribution in [0.1, 0.15) is 25.8 Å². The van der Waals surface area contributed by atoms with Gasteiger partial charge >= 0.3 is 10.1 Å². The third-order valence-corrected chi connectivity index (χ3v) is 4.37. The number of nitrogens with zero attached hydrogens (tertiary/aromatic N) is 1. The predicted octanol–water partition coefficient (Wildman–Crippen LogP) is 3.04. The van der Waals surface area contributed by atoms with E-state index < -0.39 is 10.1 Å². The predicted molar refractivity (Wildman–Crippen MR) is 74.4 cm³/mol. The molecule has 5 heteroatoms. The van der Waals surface area contributed by atoms with Crippen LogP contribution in [0.4, 0.5) is 0 Å². The van der Waals surface area contributed by atoms with Crippen molar-refractivity contribution in [2.45, 2.75) is 32.1 Å². The zero-order valence-corrected chi connectivity index (χ0v) is 12.1. The molecule has 0 bridgehead atoms. The van der Waals surface area contributed by atoms with E-state index in [1.165, 1.54) is 17.7 Å². The van der Waals surface area contributed by atoms with E-state index in [-0.39, 0.29) is 4.90 Å². The SMILES string of the molecule is CC1=C/C(=N/OS(=O)(=O)c2ccc(C)cc2)CC1C. The lowest BCUT2D eigenvalue weighted by molar-refractivity contribution is 0.338. The molecule has 1 aromatic carbocycles. The molecular formula is C14H17NO3S. The van der Waals surface area contributed by atoms with E-state index in [0.29, 0.717) is 11.6 Å². The second-order valence-corrected chi connectivity index (χ2v) is 6.45. The number of aryl methyl sites for hydroxylation is 1. The summed E-state index contributed by atoms with van der Waals surface area (Å²) in [7, 11) is -3.82. The van der Waals surface area contributed by atoms with Gasteiger partial charge in [0.05, 0.1) is 5.71 Å². The van der Waals surface area contributed by atoms with E-state index in [0.717, 1.165) is 12.0 Å². The summed E-state index contributed by atoms with van der Waals surface area (Å²) >= 11 is 0. The van der Waals surface area contributed by atoms with Crippen LogP contribution in [0.2, 0.25) is 0 Å². The van der Waals surface area contributed by atoms with Gasteiger partial charge in [0.15, 0.2) is 0 Å². The fourth-order valence-corrected chi connectivity index (χ4v) is 2.60. The maximum absolute atomic E-state index is 11.9. The Kier molecular flexibility index (Phi) is 3.75. The van der Waals surface area contributed by atoms with Crippen molar-refractivity contribution in [1.82, 2.24) is 0 Å². The standard InChI is InChI=1S/C14H17NO3S/c1-10-4-6-14(7-5-10)19(16,17)18-15-13-8-11(2)12(3)9-13/h4-8,12H,9H2,1-3H3/b15-13-. The average Bonchev–Trinajstić information content (AvgIpc) is 2.67. The highest BCUT2D eigenvalue weighted by Crippen LogP contribution is 2.23. The molecule has 1 atom stereocenters. The van der Waals surface area contributed by atoms with Crippen LogP contribution in [0.3, 0.4) is 0 Å². The van der Waals surface area contributed by atoms with E-state index in [2.05, 4.69) is 12.1 Å². The summed E-state index contributed by atoms with van der Waals surface area (Å²) in [5.41, 5.74) is 2.85. The van der Waals surface area contributed by atoms with Gasteiger partial charge in [0.1, 0.15) is 4.90 Å². The lowest BCUT2D eigenvalue weighted by Gasteiger charge is -2.03. The summed E-state index contributed by atoms with van der Waals surface area (Å²) in [6, 6.07) is 6.49. The molecule has 0 amide bonds. The van der Waals surface area contributed by atoms with Crippen LogP contribution >= 0.6 is 0 Å². The van der Waals surface area contributed by atoms with E-state index in [1.54, 1.807) is 12.1 Å². The Labute approximate surface area is 113 Å². The number of oxime groups is 1. The zero-order chi connectivity index (χ0) is 14.0. The molecule has 0 fully saturated rings. The molecule has 0 saturated heterocycles. The summed E-state index contributed by atoms with van der Waals surface area (Å²) in [6.07, 6.45) is 2.59. The first-order valence-corrected chi connectivity index (χ1v) is 7.55. The van der Waals surface area contributed by atoms with Gasteiger partial charge in [-0.3, -0.25) is 4.28 Å². The van der Waals surface area contributed by atoms with Gasteiger partial charge in [-0.15, -0.1) is 0 Å². The molecule has 0 aromatic heterocycles. The normalized spacial score (nSPS) is 21.5. The average molecular weight is 279 g/mol. The van der Waals surface area contributed by atoms with Crippen LogP contribution < -0.4 is 0 Å². The monoisotopic (exact) mass is 279 g/mol. The molecule has 0 aliphatic heterocycles. The van der Waals surface area contributed by atoms with Gasteiger partial charge in [-0.2, -0.15) is 8.42 Å². The number of benzene rings is 1. The molecule has 0 radical (unpaired) electrons. The molecule has 19 heavy (non-hydrogen) atoms. The van der Waals surface area contributed by atoms with Crippen molar-refractivity contribution in [2.24, 2.45) is 11.1 Å². The molecule has 0 heterocycles. The molecule has 1 aliphatic rings. The number of hydrogen-bond acceptors (Lipinski definition) is 4. The molecule has 0 N–H and O–H groups in total. The third kappa shape index (κ3) is 3.23.